The van der Waals surface area contributed by atoms with Gasteiger partial charge in [-0.05, 0) is 37.5 Å². The Labute approximate surface area is 123 Å². The molecule has 1 fully saturated rings. The van der Waals surface area contributed by atoms with Crippen LogP contribution < -0.4 is 0 Å². The third-order valence-corrected chi connectivity index (χ3v) is 4.07. The lowest BCUT2D eigenvalue weighted by Gasteiger charge is -2.29. The minimum Gasteiger partial charge on any atom is -0.481 e. The van der Waals surface area contributed by atoms with Crippen molar-refractivity contribution in [2.45, 2.75) is 38.3 Å². The summed E-state index contributed by atoms with van der Waals surface area (Å²) in [5, 5.41) is 10.1. The zero-order valence-electron chi connectivity index (χ0n) is 10.8. The van der Waals surface area contributed by atoms with E-state index in [1.807, 2.05) is 12.1 Å². The molecule has 104 valence electrons. The first-order valence-corrected chi connectivity index (χ1v) is 7.17. The van der Waals surface area contributed by atoms with Crippen LogP contribution in [0.2, 0.25) is 10.0 Å². The van der Waals surface area contributed by atoms with Crippen molar-refractivity contribution in [3.05, 3.63) is 33.8 Å². The molecule has 0 amide bonds. The maximum atomic E-state index is 10.7. The third-order valence-electron chi connectivity index (χ3n) is 3.51. The van der Waals surface area contributed by atoms with Gasteiger partial charge in [0.05, 0.1) is 6.42 Å². The van der Waals surface area contributed by atoms with E-state index < -0.39 is 5.97 Å². The Kier molecular flexibility index (Phi) is 4.71. The Morgan fingerprint density at radius 3 is 2.68 bits per heavy atom. The minimum atomic E-state index is -0.764. The highest BCUT2D eigenvalue weighted by atomic mass is 35.5. The predicted molar refractivity (Wildman–Crippen MR) is 76.9 cm³/mol. The summed E-state index contributed by atoms with van der Waals surface area (Å²) < 4.78 is 0. The number of rotatable bonds is 6. The first kappa shape index (κ1) is 14.6. The normalized spacial score (nSPS) is 16.6. The molecule has 0 saturated heterocycles. The smallest absolute Gasteiger partial charge is 0.304 e. The van der Waals surface area contributed by atoms with Gasteiger partial charge in [-0.2, -0.15) is 0 Å². The average molecular weight is 302 g/mol. The second-order valence-electron chi connectivity index (χ2n) is 4.95. The van der Waals surface area contributed by atoms with Gasteiger partial charge in [-0.15, -0.1) is 0 Å². The molecule has 2 rings (SSSR count). The highest BCUT2D eigenvalue weighted by molar-refractivity contribution is 6.35. The van der Waals surface area contributed by atoms with E-state index in [1.54, 1.807) is 6.07 Å². The molecular formula is C14H17Cl2NO2. The number of carboxylic acids is 1. The number of benzene rings is 1. The van der Waals surface area contributed by atoms with Crippen molar-refractivity contribution in [1.29, 1.82) is 0 Å². The van der Waals surface area contributed by atoms with Gasteiger partial charge in [-0.1, -0.05) is 29.3 Å². The summed E-state index contributed by atoms with van der Waals surface area (Å²) >= 11 is 12.1. The lowest BCUT2D eigenvalue weighted by molar-refractivity contribution is -0.137. The van der Waals surface area contributed by atoms with E-state index in [4.69, 9.17) is 28.3 Å². The SMILES string of the molecule is CC(c1ccc(Cl)cc1Cl)N(CCC(=O)O)C1CC1. The van der Waals surface area contributed by atoms with Crippen LogP contribution >= 0.6 is 23.2 Å². The minimum absolute atomic E-state index is 0.108. The molecular weight excluding hydrogens is 285 g/mol. The van der Waals surface area contributed by atoms with Crippen LogP contribution in [-0.4, -0.2) is 28.6 Å². The molecule has 0 spiro atoms. The maximum absolute atomic E-state index is 10.7. The third kappa shape index (κ3) is 3.85. The van der Waals surface area contributed by atoms with Crippen LogP contribution in [0.4, 0.5) is 0 Å². The van der Waals surface area contributed by atoms with Gasteiger partial charge in [0.25, 0.3) is 0 Å². The maximum Gasteiger partial charge on any atom is 0.304 e. The first-order valence-electron chi connectivity index (χ1n) is 6.41. The fourth-order valence-corrected chi connectivity index (χ4v) is 2.91. The summed E-state index contributed by atoms with van der Waals surface area (Å²) in [6.07, 6.45) is 2.43. The quantitative estimate of drug-likeness (QED) is 0.863. The van der Waals surface area contributed by atoms with Crippen LogP contribution in [0.25, 0.3) is 0 Å². The monoisotopic (exact) mass is 301 g/mol. The van der Waals surface area contributed by atoms with Crippen molar-refractivity contribution in [1.82, 2.24) is 4.90 Å². The molecule has 3 nitrogen and oxygen atoms in total. The standard InChI is InChI=1S/C14H17Cl2NO2/c1-9(12-5-2-10(15)8-13(12)16)17(11-3-4-11)7-6-14(18)19/h2,5,8-9,11H,3-4,6-7H2,1H3,(H,18,19). The fraction of sp³-hybridized carbons (Fsp3) is 0.500. The van der Waals surface area contributed by atoms with Crippen LogP contribution in [0.15, 0.2) is 18.2 Å². The second-order valence-corrected chi connectivity index (χ2v) is 5.80. The molecule has 1 aromatic carbocycles. The van der Waals surface area contributed by atoms with E-state index in [-0.39, 0.29) is 12.5 Å². The van der Waals surface area contributed by atoms with Crippen LogP contribution in [0.3, 0.4) is 0 Å². The molecule has 0 aromatic heterocycles. The molecule has 5 heteroatoms. The van der Waals surface area contributed by atoms with Crippen molar-refractivity contribution in [2.24, 2.45) is 0 Å². The summed E-state index contributed by atoms with van der Waals surface area (Å²) in [4.78, 5) is 13.0. The molecule has 0 aliphatic heterocycles. The molecule has 19 heavy (non-hydrogen) atoms. The second kappa shape index (κ2) is 6.12. The summed E-state index contributed by atoms with van der Waals surface area (Å²) in [6.45, 7) is 2.62. The van der Waals surface area contributed by atoms with E-state index in [9.17, 15) is 4.79 Å². The topological polar surface area (TPSA) is 40.5 Å². The average Bonchev–Trinajstić information content (AvgIpc) is 3.13. The van der Waals surface area contributed by atoms with Gasteiger partial charge in [0.1, 0.15) is 0 Å². The van der Waals surface area contributed by atoms with Crippen LogP contribution in [0, 0.1) is 0 Å². The molecule has 1 aromatic rings. The Morgan fingerprint density at radius 1 is 1.47 bits per heavy atom. The highest BCUT2D eigenvalue weighted by Crippen LogP contribution is 2.37. The Morgan fingerprint density at radius 2 is 2.16 bits per heavy atom. The molecule has 1 N–H and O–H groups in total. The van der Waals surface area contributed by atoms with Crippen molar-refractivity contribution in [3.8, 4) is 0 Å². The summed E-state index contributed by atoms with van der Waals surface area (Å²) in [5.41, 5.74) is 1.00. The molecule has 0 heterocycles. The van der Waals surface area contributed by atoms with Gasteiger partial charge >= 0.3 is 5.97 Å². The predicted octanol–water partition coefficient (Wildman–Crippen LogP) is 3.99. The fourth-order valence-electron chi connectivity index (χ4n) is 2.34. The molecule has 1 saturated carbocycles. The number of carbonyl (C=O) groups is 1. The number of hydrogen-bond donors (Lipinski definition) is 1. The first-order chi connectivity index (χ1) is 8.99. The molecule has 0 bridgehead atoms. The van der Waals surface area contributed by atoms with Crippen LogP contribution in [0.1, 0.15) is 37.8 Å². The summed E-state index contributed by atoms with van der Waals surface area (Å²) in [5.74, 6) is -0.764. The summed E-state index contributed by atoms with van der Waals surface area (Å²) in [6, 6.07) is 6.07. The Bertz CT molecular complexity index is 475. The van der Waals surface area contributed by atoms with Gasteiger partial charge < -0.3 is 5.11 Å². The van der Waals surface area contributed by atoms with E-state index in [0.717, 1.165) is 18.4 Å². The van der Waals surface area contributed by atoms with Gasteiger partial charge in [0, 0.05) is 28.7 Å². The number of halogens is 2. The largest absolute Gasteiger partial charge is 0.481 e. The molecule has 1 aliphatic carbocycles. The van der Waals surface area contributed by atoms with Crippen molar-refractivity contribution >= 4 is 29.2 Å². The molecule has 1 atom stereocenters. The van der Waals surface area contributed by atoms with E-state index in [1.165, 1.54) is 0 Å². The van der Waals surface area contributed by atoms with Gasteiger partial charge in [-0.3, -0.25) is 9.69 Å². The lowest BCUT2D eigenvalue weighted by atomic mass is 10.1. The molecule has 1 unspecified atom stereocenters. The van der Waals surface area contributed by atoms with Crippen LogP contribution in [-0.2, 0) is 4.79 Å². The van der Waals surface area contributed by atoms with E-state index >= 15 is 0 Å². The van der Waals surface area contributed by atoms with Crippen LogP contribution in [0.5, 0.6) is 0 Å². The van der Waals surface area contributed by atoms with Crippen molar-refractivity contribution in [3.63, 3.8) is 0 Å². The number of carboxylic acid groups (broad SMARTS) is 1. The number of nitrogens with zero attached hydrogens (tertiary/aromatic N) is 1. The van der Waals surface area contributed by atoms with Gasteiger partial charge in [-0.25, -0.2) is 0 Å². The summed E-state index contributed by atoms with van der Waals surface area (Å²) in [7, 11) is 0. The number of aliphatic carboxylic acids is 1. The van der Waals surface area contributed by atoms with Gasteiger partial charge in [0.15, 0.2) is 0 Å². The van der Waals surface area contributed by atoms with Crippen molar-refractivity contribution in [2.75, 3.05) is 6.54 Å². The molecule has 0 radical (unpaired) electrons. The zero-order valence-corrected chi connectivity index (χ0v) is 12.3. The highest BCUT2D eigenvalue weighted by Gasteiger charge is 2.33. The zero-order chi connectivity index (χ0) is 14.0. The number of hydrogen-bond acceptors (Lipinski definition) is 2. The van der Waals surface area contributed by atoms with E-state index in [2.05, 4.69) is 11.8 Å². The Balaban J connectivity index is 2.13. The Hall–Kier alpha value is -0.770. The van der Waals surface area contributed by atoms with E-state index in [0.29, 0.717) is 22.6 Å². The van der Waals surface area contributed by atoms with Gasteiger partial charge in [0.2, 0.25) is 0 Å². The van der Waals surface area contributed by atoms with Crippen molar-refractivity contribution < 1.29 is 9.90 Å². The molecule has 1 aliphatic rings. The lowest BCUT2D eigenvalue weighted by Crippen LogP contribution is -2.31.